The number of hydrogen-bond donors (Lipinski definition) is 1. The Hall–Kier alpha value is -1.94. The molecule has 2 N–H and O–H groups in total. The second-order valence-electron chi connectivity index (χ2n) is 3.98. The average molecular weight is 265 g/mol. The van der Waals surface area contributed by atoms with Gasteiger partial charge in [0.25, 0.3) is 5.91 Å². The predicted molar refractivity (Wildman–Crippen MR) is 72.0 cm³/mol. The lowest BCUT2D eigenvalue weighted by Crippen LogP contribution is -2.26. The van der Waals surface area contributed by atoms with Crippen LogP contribution in [0.3, 0.4) is 0 Å². The number of carbonyl (C=O) groups is 1. The van der Waals surface area contributed by atoms with Crippen LogP contribution in [0.2, 0.25) is 5.02 Å². The van der Waals surface area contributed by atoms with Crippen molar-refractivity contribution >= 4 is 28.9 Å². The standard InChI is InChI=1S/C13H13ClN2O2/c1-8-3-6-12(18-8)13(17)16(2)11-7-9(14)4-5-10(11)15/h3-7H,15H2,1-2H3. The second-order valence-corrected chi connectivity index (χ2v) is 4.41. The third-order valence-corrected chi connectivity index (χ3v) is 2.84. The molecule has 4 nitrogen and oxygen atoms in total. The fourth-order valence-corrected chi connectivity index (χ4v) is 1.80. The van der Waals surface area contributed by atoms with E-state index < -0.39 is 0 Å². The molecule has 0 aliphatic carbocycles. The third kappa shape index (κ3) is 2.33. The minimum absolute atomic E-state index is 0.267. The highest BCUT2D eigenvalue weighted by molar-refractivity contribution is 6.31. The normalized spacial score (nSPS) is 10.4. The van der Waals surface area contributed by atoms with E-state index >= 15 is 0 Å². The van der Waals surface area contributed by atoms with Crippen LogP contribution >= 0.6 is 11.6 Å². The number of carbonyl (C=O) groups excluding carboxylic acids is 1. The number of amides is 1. The lowest BCUT2D eigenvalue weighted by molar-refractivity contribution is 0.0965. The molecule has 0 aliphatic heterocycles. The highest BCUT2D eigenvalue weighted by atomic mass is 35.5. The van der Waals surface area contributed by atoms with Crippen LogP contribution in [0.1, 0.15) is 16.3 Å². The molecule has 0 atom stereocenters. The summed E-state index contributed by atoms with van der Waals surface area (Å²) in [4.78, 5) is 13.6. The summed E-state index contributed by atoms with van der Waals surface area (Å²) in [6, 6.07) is 8.35. The number of hydrogen-bond acceptors (Lipinski definition) is 3. The van der Waals surface area contributed by atoms with Gasteiger partial charge in [-0.05, 0) is 37.3 Å². The van der Waals surface area contributed by atoms with Gasteiger partial charge in [-0.1, -0.05) is 11.6 Å². The molecule has 0 radical (unpaired) electrons. The van der Waals surface area contributed by atoms with E-state index in [4.69, 9.17) is 21.8 Å². The highest BCUT2D eigenvalue weighted by Gasteiger charge is 2.18. The minimum atomic E-state index is -0.267. The Bertz CT molecular complexity index is 592. The number of furan rings is 1. The molecular weight excluding hydrogens is 252 g/mol. The summed E-state index contributed by atoms with van der Waals surface area (Å²) in [5.74, 6) is 0.692. The van der Waals surface area contributed by atoms with Crippen LogP contribution in [0.25, 0.3) is 0 Å². The molecule has 1 heterocycles. The molecule has 1 amide bonds. The molecule has 2 aromatic rings. The fraction of sp³-hybridized carbons (Fsp3) is 0.154. The number of benzene rings is 1. The lowest BCUT2D eigenvalue weighted by atomic mass is 10.2. The fourth-order valence-electron chi connectivity index (χ4n) is 1.63. The summed E-state index contributed by atoms with van der Waals surface area (Å²) in [6.07, 6.45) is 0. The van der Waals surface area contributed by atoms with E-state index in [1.807, 2.05) is 0 Å². The van der Waals surface area contributed by atoms with Crippen LogP contribution in [0.5, 0.6) is 0 Å². The van der Waals surface area contributed by atoms with Crippen LogP contribution < -0.4 is 10.6 Å². The SMILES string of the molecule is Cc1ccc(C(=O)N(C)c2cc(Cl)ccc2N)o1. The summed E-state index contributed by atoms with van der Waals surface area (Å²) in [7, 11) is 1.63. The molecule has 0 fully saturated rings. The molecule has 0 unspecified atom stereocenters. The van der Waals surface area contributed by atoms with Gasteiger partial charge in [-0.15, -0.1) is 0 Å². The van der Waals surface area contributed by atoms with E-state index in [0.29, 0.717) is 22.2 Å². The molecular formula is C13H13ClN2O2. The van der Waals surface area contributed by atoms with Crippen LogP contribution in [0.4, 0.5) is 11.4 Å². The highest BCUT2D eigenvalue weighted by Crippen LogP contribution is 2.27. The maximum atomic E-state index is 12.2. The zero-order valence-electron chi connectivity index (χ0n) is 10.1. The number of rotatable bonds is 2. The van der Waals surface area contributed by atoms with E-state index in [9.17, 15) is 4.79 Å². The molecule has 0 aliphatic rings. The largest absolute Gasteiger partial charge is 0.456 e. The van der Waals surface area contributed by atoms with Crippen molar-refractivity contribution in [3.63, 3.8) is 0 Å². The van der Waals surface area contributed by atoms with Crippen molar-refractivity contribution < 1.29 is 9.21 Å². The molecule has 0 bridgehead atoms. The molecule has 0 spiro atoms. The van der Waals surface area contributed by atoms with Crippen molar-refractivity contribution in [2.24, 2.45) is 0 Å². The number of anilines is 2. The topological polar surface area (TPSA) is 59.5 Å². The average Bonchev–Trinajstić information content (AvgIpc) is 2.77. The zero-order valence-corrected chi connectivity index (χ0v) is 10.9. The van der Waals surface area contributed by atoms with Gasteiger partial charge in [-0.2, -0.15) is 0 Å². The molecule has 1 aromatic heterocycles. The Balaban J connectivity index is 2.33. The number of nitrogens with zero attached hydrogens (tertiary/aromatic N) is 1. The molecule has 0 saturated heterocycles. The summed E-state index contributed by atoms with van der Waals surface area (Å²) in [5, 5.41) is 0.523. The van der Waals surface area contributed by atoms with Crippen molar-refractivity contribution in [2.45, 2.75) is 6.92 Å². The maximum Gasteiger partial charge on any atom is 0.293 e. The van der Waals surface area contributed by atoms with Gasteiger partial charge in [0.15, 0.2) is 5.76 Å². The third-order valence-electron chi connectivity index (χ3n) is 2.61. The minimum Gasteiger partial charge on any atom is -0.456 e. The van der Waals surface area contributed by atoms with Gasteiger partial charge in [0, 0.05) is 12.1 Å². The molecule has 1 aromatic carbocycles. The molecule has 2 rings (SSSR count). The van der Waals surface area contributed by atoms with Gasteiger partial charge in [-0.25, -0.2) is 0 Å². The maximum absolute atomic E-state index is 12.2. The Labute approximate surface area is 110 Å². The van der Waals surface area contributed by atoms with Crippen molar-refractivity contribution in [3.8, 4) is 0 Å². The first-order chi connectivity index (χ1) is 8.49. The van der Waals surface area contributed by atoms with E-state index in [1.54, 1.807) is 44.3 Å². The molecule has 94 valence electrons. The van der Waals surface area contributed by atoms with E-state index in [-0.39, 0.29) is 11.7 Å². The van der Waals surface area contributed by atoms with Crippen molar-refractivity contribution in [1.82, 2.24) is 0 Å². The van der Waals surface area contributed by atoms with Gasteiger partial charge >= 0.3 is 0 Å². The van der Waals surface area contributed by atoms with Gasteiger partial charge in [0.05, 0.1) is 11.4 Å². The van der Waals surface area contributed by atoms with Crippen molar-refractivity contribution in [1.29, 1.82) is 0 Å². The first-order valence-electron chi connectivity index (χ1n) is 5.38. The first-order valence-corrected chi connectivity index (χ1v) is 5.76. The number of nitrogens with two attached hydrogens (primary N) is 1. The zero-order chi connectivity index (χ0) is 13.3. The Morgan fingerprint density at radius 3 is 2.67 bits per heavy atom. The van der Waals surface area contributed by atoms with E-state index in [2.05, 4.69) is 0 Å². The number of aryl methyl sites for hydroxylation is 1. The molecule has 5 heteroatoms. The summed E-state index contributed by atoms with van der Waals surface area (Å²) < 4.78 is 5.29. The Morgan fingerprint density at radius 1 is 1.33 bits per heavy atom. The van der Waals surface area contributed by atoms with E-state index in [1.165, 1.54) is 4.90 Å². The lowest BCUT2D eigenvalue weighted by Gasteiger charge is -2.18. The summed E-state index contributed by atoms with van der Waals surface area (Å²) in [6.45, 7) is 1.78. The van der Waals surface area contributed by atoms with Gasteiger partial charge in [0.2, 0.25) is 0 Å². The first kappa shape index (κ1) is 12.5. The Kier molecular flexibility index (Phi) is 3.30. The quantitative estimate of drug-likeness (QED) is 0.848. The van der Waals surface area contributed by atoms with Gasteiger partial charge in [0.1, 0.15) is 5.76 Å². The van der Waals surface area contributed by atoms with Crippen LogP contribution in [-0.2, 0) is 0 Å². The predicted octanol–water partition coefficient (Wildman–Crippen LogP) is 3.10. The second kappa shape index (κ2) is 4.74. The van der Waals surface area contributed by atoms with Crippen LogP contribution in [0, 0.1) is 6.92 Å². The number of halogens is 1. The number of nitrogen functional groups attached to an aromatic ring is 1. The summed E-state index contributed by atoms with van der Waals surface area (Å²) >= 11 is 5.90. The smallest absolute Gasteiger partial charge is 0.293 e. The van der Waals surface area contributed by atoms with Gasteiger partial charge < -0.3 is 15.1 Å². The van der Waals surface area contributed by atoms with E-state index in [0.717, 1.165) is 0 Å². The monoisotopic (exact) mass is 264 g/mol. The van der Waals surface area contributed by atoms with Gasteiger partial charge in [-0.3, -0.25) is 4.79 Å². The van der Waals surface area contributed by atoms with Crippen molar-refractivity contribution in [3.05, 3.63) is 46.9 Å². The molecule has 18 heavy (non-hydrogen) atoms. The molecule has 0 saturated carbocycles. The summed E-state index contributed by atoms with van der Waals surface area (Å²) in [5.41, 5.74) is 6.87. The van der Waals surface area contributed by atoms with Crippen LogP contribution in [0.15, 0.2) is 34.7 Å². The van der Waals surface area contributed by atoms with Crippen LogP contribution in [-0.4, -0.2) is 13.0 Å². The van der Waals surface area contributed by atoms with Crippen molar-refractivity contribution in [2.75, 3.05) is 17.7 Å². The Morgan fingerprint density at radius 2 is 2.06 bits per heavy atom.